The Morgan fingerprint density at radius 2 is 2.00 bits per heavy atom. The number of imidazole rings is 1. The van der Waals surface area contributed by atoms with Gasteiger partial charge >= 0.3 is 0 Å². The van der Waals surface area contributed by atoms with Gasteiger partial charge in [-0.2, -0.15) is 0 Å². The minimum atomic E-state index is 0.409. The summed E-state index contributed by atoms with van der Waals surface area (Å²) in [6.07, 6.45) is 2.61. The summed E-state index contributed by atoms with van der Waals surface area (Å²) < 4.78 is 11.2. The van der Waals surface area contributed by atoms with Crippen LogP contribution in [-0.2, 0) is 0 Å². The van der Waals surface area contributed by atoms with Crippen LogP contribution in [0.4, 0.5) is 5.95 Å². The standard InChI is InChI=1S/C12H13N3O2/c13-12-14-7-9(15-12)8-2-3-10-11(6-8)17-5-1-4-16-10/h2-3,6-7H,1,4-5H2,(H3,13,14,15). The summed E-state index contributed by atoms with van der Waals surface area (Å²) in [7, 11) is 0. The highest BCUT2D eigenvalue weighted by molar-refractivity contribution is 5.64. The molecule has 0 saturated carbocycles. The number of aromatic nitrogens is 2. The van der Waals surface area contributed by atoms with Crippen molar-refractivity contribution in [2.24, 2.45) is 0 Å². The molecule has 0 atom stereocenters. The Morgan fingerprint density at radius 3 is 2.76 bits per heavy atom. The molecule has 1 aromatic heterocycles. The summed E-state index contributed by atoms with van der Waals surface area (Å²) in [5.74, 6) is 1.97. The van der Waals surface area contributed by atoms with Crippen LogP contribution in [0.2, 0.25) is 0 Å². The van der Waals surface area contributed by atoms with Crippen molar-refractivity contribution in [1.82, 2.24) is 9.97 Å². The average molecular weight is 231 g/mol. The number of nitrogens with zero attached hydrogens (tertiary/aromatic N) is 1. The fraction of sp³-hybridized carbons (Fsp3) is 0.250. The molecular weight excluding hydrogens is 218 g/mol. The summed E-state index contributed by atoms with van der Waals surface area (Å²) in [4.78, 5) is 6.96. The molecule has 0 spiro atoms. The van der Waals surface area contributed by atoms with Crippen LogP contribution in [0.15, 0.2) is 24.4 Å². The molecule has 3 N–H and O–H groups in total. The molecule has 0 amide bonds. The zero-order valence-corrected chi connectivity index (χ0v) is 9.27. The molecule has 5 heteroatoms. The predicted molar refractivity (Wildman–Crippen MR) is 64.0 cm³/mol. The maximum Gasteiger partial charge on any atom is 0.197 e. The molecule has 0 saturated heterocycles. The summed E-state index contributed by atoms with van der Waals surface area (Å²) in [6, 6.07) is 5.81. The lowest BCUT2D eigenvalue weighted by Gasteiger charge is -2.08. The highest BCUT2D eigenvalue weighted by atomic mass is 16.5. The molecule has 0 radical (unpaired) electrons. The molecule has 0 fully saturated rings. The quantitative estimate of drug-likeness (QED) is 0.785. The number of nitrogen functional groups attached to an aromatic ring is 1. The van der Waals surface area contributed by atoms with Gasteiger partial charge in [0.25, 0.3) is 0 Å². The first-order valence-electron chi connectivity index (χ1n) is 5.53. The number of ether oxygens (including phenoxy) is 2. The van der Waals surface area contributed by atoms with Crippen molar-refractivity contribution in [3.8, 4) is 22.8 Å². The van der Waals surface area contributed by atoms with Gasteiger partial charge in [0.05, 0.1) is 25.1 Å². The van der Waals surface area contributed by atoms with E-state index in [1.807, 2.05) is 18.2 Å². The zero-order chi connectivity index (χ0) is 11.7. The molecule has 17 heavy (non-hydrogen) atoms. The number of fused-ring (bicyclic) bond motifs is 1. The van der Waals surface area contributed by atoms with Gasteiger partial charge in [0.15, 0.2) is 17.4 Å². The molecule has 88 valence electrons. The van der Waals surface area contributed by atoms with E-state index in [4.69, 9.17) is 15.2 Å². The minimum Gasteiger partial charge on any atom is -0.490 e. The van der Waals surface area contributed by atoms with E-state index in [1.165, 1.54) is 0 Å². The molecule has 1 aliphatic heterocycles. The number of nitrogens with one attached hydrogen (secondary N) is 1. The summed E-state index contributed by atoms with van der Waals surface area (Å²) >= 11 is 0. The highest BCUT2D eigenvalue weighted by Gasteiger charge is 2.12. The fourth-order valence-corrected chi connectivity index (χ4v) is 1.81. The van der Waals surface area contributed by atoms with Crippen LogP contribution < -0.4 is 15.2 Å². The average Bonchev–Trinajstić information content (AvgIpc) is 2.64. The second-order valence-corrected chi connectivity index (χ2v) is 3.89. The first-order chi connectivity index (χ1) is 8.33. The highest BCUT2D eigenvalue weighted by Crippen LogP contribution is 2.33. The van der Waals surface area contributed by atoms with E-state index < -0.39 is 0 Å². The number of aromatic amines is 1. The molecule has 0 bridgehead atoms. The van der Waals surface area contributed by atoms with Crippen LogP contribution in [0, 0.1) is 0 Å². The number of hydrogen-bond acceptors (Lipinski definition) is 4. The van der Waals surface area contributed by atoms with Crippen LogP contribution in [0.5, 0.6) is 11.5 Å². The number of benzene rings is 1. The van der Waals surface area contributed by atoms with Crippen molar-refractivity contribution in [1.29, 1.82) is 0 Å². The van der Waals surface area contributed by atoms with Crippen molar-refractivity contribution in [3.05, 3.63) is 24.4 Å². The molecule has 1 aliphatic rings. The summed E-state index contributed by atoms with van der Waals surface area (Å²) in [5, 5.41) is 0. The Kier molecular flexibility index (Phi) is 2.36. The normalized spacial score (nSPS) is 14.4. The summed E-state index contributed by atoms with van der Waals surface area (Å²) in [6.45, 7) is 1.38. The molecule has 1 aromatic carbocycles. The fourth-order valence-electron chi connectivity index (χ4n) is 1.81. The maximum absolute atomic E-state index is 5.63. The Bertz CT molecular complexity index is 536. The lowest BCUT2D eigenvalue weighted by atomic mass is 10.1. The van der Waals surface area contributed by atoms with Crippen molar-refractivity contribution in [3.63, 3.8) is 0 Å². The Labute approximate surface area is 98.6 Å². The zero-order valence-electron chi connectivity index (χ0n) is 9.27. The van der Waals surface area contributed by atoms with Crippen molar-refractivity contribution < 1.29 is 9.47 Å². The first-order valence-corrected chi connectivity index (χ1v) is 5.53. The first kappa shape index (κ1) is 10.0. The van der Waals surface area contributed by atoms with Gasteiger partial charge in [-0.25, -0.2) is 4.98 Å². The lowest BCUT2D eigenvalue weighted by molar-refractivity contribution is 0.297. The third kappa shape index (κ3) is 1.91. The third-order valence-electron chi connectivity index (χ3n) is 2.65. The lowest BCUT2D eigenvalue weighted by Crippen LogP contribution is -1.97. The van der Waals surface area contributed by atoms with Crippen molar-refractivity contribution >= 4 is 5.95 Å². The van der Waals surface area contributed by atoms with Gasteiger partial charge in [-0.1, -0.05) is 0 Å². The van der Waals surface area contributed by atoms with Crippen LogP contribution in [-0.4, -0.2) is 23.2 Å². The van der Waals surface area contributed by atoms with Gasteiger partial charge in [0.1, 0.15) is 0 Å². The SMILES string of the molecule is Nc1ncc(-c2ccc3c(c2)OCCCO3)[nH]1. The number of hydrogen-bond donors (Lipinski definition) is 2. The van der Waals surface area contributed by atoms with Crippen LogP contribution >= 0.6 is 0 Å². The van der Waals surface area contributed by atoms with Gasteiger partial charge in [-0.3, -0.25) is 0 Å². The molecule has 0 unspecified atom stereocenters. The van der Waals surface area contributed by atoms with E-state index in [-0.39, 0.29) is 0 Å². The smallest absolute Gasteiger partial charge is 0.197 e. The predicted octanol–water partition coefficient (Wildman–Crippen LogP) is 1.82. The van der Waals surface area contributed by atoms with E-state index in [0.29, 0.717) is 19.2 Å². The molecule has 5 nitrogen and oxygen atoms in total. The van der Waals surface area contributed by atoms with E-state index in [9.17, 15) is 0 Å². The van der Waals surface area contributed by atoms with Crippen molar-refractivity contribution in [2.75, 3.05) is 18.9 Å². The monoisotopic (exact) mass is 231 g/mol. The Balaban J connectivity index is 2.00. The van der Waals surface area contributed by atoms with Gasteiger partial charge < -0.3 is 20.2 Å². The number of H-pyrrole nitrogens is 1. The molecule has 0 aliphatic carbocycles. The van der Waals surface area contributed by atoms with Gasteiger partial charge in [-0.05, 0) is 18.2 Å². The van der Waals surface area contributed by atoms with Gasteiger partial charge in [0.2, 0.25) is 0 Å². The number of anilines is 1. The Hall–Kier alpha value is -2.17. The number of rotatable bonds is 1. The van der Waals surface area contributed by atoms with Crippen LogP contribution in [0.3, 0.4) is 0 Å². The second kappa shape index (κ2) is 4.01. The van der Waals surface area contributed by atoms with Gasteiger partial charge in [0, 0.05) is 12.0 Å². The number of nitrogens with two attached hydrogens (primary N) is 1. The van der Waals surface area contributed by atoms with E-state index in [2.05, 4.69) is 9.97 Å². The Morgan fingerprint density at radius 1 is 1.18 bits per heavy atom. The summed E-state index contributed by atoms with van der Waals surface area (Å²) in [5.41, 5.74) is 7.41. The third-order valence-corrected chi connectivity index (χ3v) is 2.65. The van der Waals surface area contributed by atoms with Crippen LogP contribution in [0.1, 0.15) is 6.42 Å². The molecule has 2 aromatic rings. The minimum absolute atomic E-state index is 0.409. The van der Waals surface area contributed by atoms with E-state index in [1.54, 1.807) is 6.20 Å². The second-order valence-electron chi connectivity index (χ2n) is 3.89. The topological polar surface area (TPSA) is 73.2 Å². The van der Waals surface area contributed by atoms with Gasteiger partial charge in [-0.15, -0.1) is 0 Å². The van der Waals surface area contributed by atoms with Crippen LogP contribution in [0.25, 0.3) is 11.3 Å². The van der Waals surface area contributed by atoms with Crippen molar-refractivity contribution in [2.45, 2.75) is 6.42 Å². The molecule has 2 heterocycles. The largest absolute Gasteiger partial charge is 0.490 e. The van der Waals surface area contributed by atoms with E-state index in [0.717, 1.165) is 29.2 Å². The molecular formula is C12H13N3O2. The maximum atomic E-state index is 5.63. The molecule has 3 rings (SSSR count). The van der Waals surface area contributed by atoms with E-state index >= 15 is 0 Å².